The number of nitrogens with one attached hydrogen (secondary N) is 1. The Kier molecular flexibility index (Phi) is 6.57. The maximum Gasteiger partial charge on any atom is 0.316 e. The van der Waals surface area contributed by atoms with Gasteiger partial charge in [0, 0.05) is 44.5 Å². The number of anilines is 1. The molecule has 1 N–H and O–H groups in total. The summed E-state index contributed by atoms with van der Waals surface area (Å²) in [6.45, 7) is 6.82. The smallest absolute Gasteiger partial charge is 0.316 e. The van der Waals surface area contributed by atoms with Crippen molar-refractivity contribution in [2.45, 2.75) is 26.1 Å². The number of morpholine rings is 1. The summed E-state index contributed by atoms with van der Waals surface area (Å²) in [6.07, 6.45) is 5.72. The Morgan fingerprint density at radius 3 is 2.68 bits per heavy atom. The van der Waals surface area contributed by atoms with Crippen LogP contribution in [0.1, 0.15) is 19.4 Å². The third kappa shape index (κ3) is 5.31. The van der Waals surface area contributed by atoms with Crippen LogP contribution in [-0.4, -0.2) is 62.1 Å². The lowest BCUT2D eigenvalue weighted by molar-refractivity contribution is -0.137. The van der Waals surface area contributed by atoms with E-state index >= 15 is 0 Å². The molecule has 6 heteroatoms. The average Bonchev–Trinajstić information content (AvgIpc) is 2.59. The van der Waals surface area contributed by atoms with Crippen molar-refractivity contribution < 1.29 is 14.3 Å². The van der Waals surface area contributed by atoms with Gasteiger partial charge in [0.2, 0.25) is 0 Å². The van der Waals surface area contributed by atoms with Crippen molar-refractivity contribution in [1.29, 1.82) is 0 Å². The van der Waals surface area contributed by atoms with Crippen LogP contribution in [0.3, 0.4) is 0 Å². The maximum absolute atomic E-state index is 12.3. The van der Waals surface area contributed by atoms with E-state index in [1.165, 1.54) is 4.90 Å². The highest BCUT2D eigenvalue weighted by atomic mass is 16.5. The number of rotatable bonds is 4. The van der Waals surface area contributed by atoms with Crippen molar-refractivity contribution in [3.05, 3.63) is 29.8 Å². The molecule has 25 heavy (non-hydrogen) atoms. The Morgan fingerprint density at radius 2 is 2.04 bits per heavy atom. The van der Waals surface area contributed by atoms with E-state index in [0.29, 0.717) is 24.3 Å². The van der Waals surface area contributed by atoms with Crippen LogP contribution in [0.15, 0.2) is 24.3 Å². The number of ether oxygens (including phenoxy) is 1. The molecule has 1 fully saturated rings. The summed E-state index contributed by atoms with van der Waals surface area (Å²) >= 11 is 0. The highest BCUT2D eigenvalue weighted by molar-refractivity contribution is 6.40. The lowest BCUT2D eigenvalue weighted by atomic mass is 10.2. The first-order chi connectivity index (χ1) is 11.9. The minimum absolute atomic E-state index is 0.177. The fourth-order valence-corrected chi connectivity index (χ4v) is 2.94. The predicted molar refractivity (Wildman–Crippen MR) is 97.2 cm³/mol. The number of nitrogens with zero attached hydrogens (tertiary/aromatic N) is 2. The van der Waals surface area contributed by atoms with Gasteiger partial charge < -0.3 is 15.0 Å². The van der Waals surface area contributed by atoms with Crippen molar-refractivity contribution in [3.63, 3.8) is 0 Å². The van der Waals surface area contributed by atoms with Crippen molar-refractivity contribution >= 4 is 17.5 Å². The SMILES string of the molecule is C#Cc1cccc(N(C)C(=O)C(=O)NCCN2C[C@@H](C)O[C@H](C)C2)c1. The second-order valence-electron chi connectivity index (χ2n) is 6.33. The number of hydrogen-bond acceptors (Lipinski definition) is 4. The van der Waals surface area contributed by atoms with Gasteiger partial charge in [-0.2, -0.15) is 0 Å². The summed E-state index contributed by atoms with van der Waals surface area (Å²) in [5.74, 6) is 1.28. The fourth-order valence-electron chi connectivity index (χ4n) is 2.94. The summed E-state index contributed by atoms with van der Waals surface area (Å²) in [5, 5.41) is 2.69. The van der Waals surface area contributed by atoms with E-state index in [1.54, 1.807) is 31.3 Å². The minimum Gasteiger partial charge on any atom is -0.373 e. The third-order valence-corrected chi connectivity index (χ3v) is 4.11. The first kappa shape index (κ1) is 19.0. The van der Waals surface area contributed by atoms with Gasteiger partial charge in [-0.05, 0) is 32.0 Å². The Balaban J connectivity index is 1.83. The Bertz CT molecular complexity index is 658. The number of hydrogen-bond donors (Lipinski definition) is 1. The standard InChI is InChI=1S/C19H25N3O3/c1-5-16-7-6-8-17(11-16)21(4)19(24)18(23)20-9-10-22-12-14(2)25-15(3)13-22/h1,6-8,11,14-15H,9-10,12-13H2,2-4H3,(H,20,23)/t14-,15-/m1/s1. The van der Waals surface area contributed by atoms with Crippen molar-refractivity contribution in [2.75, 3.05) is 38.1 Å². The van der Waals surface area contributed by atoms with Crippen molar-refractivity contribution in [2.24, 2.45) is 0 Å². The zero-order valence-electron chi connectivity index (χ0n) is 15.0. The number of amides is 2. The Hall–Kier alpha value is -2.36. The van der Waals surface area contributed by atoms with Crippen LogP contribution >= 0.6 is 0 Å². The molecule has 0 aromatic heterocycles. The van der Waals surface area contributed by atoms with Crippen LogP contribution in [0.2, 0.25) is 0 Å². The quantitative estimate of drug-likeness (QED) is 0.651. The molecule has 0 spiro atoms. The summed E-state index contributed by atoms with van der Waals surface area (Å²) in [6, 6.07) is 6.96. The molecule has 1 aromatic rings. The van der Waals surface area contributed by atoms with Gasteiger partial charge in [-0.15, -0.1) is 6.42 Å². The highest BCUT2D eigenvalue weighted by Gasteiger charge is 2.23. The zero-order chi connectivity index (χ0) is 18.4. The number of likely N-dealkylation sites (N-methyl/N-ethyl adjacent to an activating group) is 1. The second-order valence-corrected chi connectivity index (χ2v) is 6.33. The average molecular weight is 343 g/mol. The maximum atomic E-state index is 12.3. The lowest BCUT2D eigenvalue weighted by Crippen LogP contribution is -2.49. The first-order valence-electron chi connectivity index (χ1n) is 8.41. The van der Waals surface area contributed by atoms with E-state index in [-0.39, 0.29) is 12.2 Å². The molecule has 0 bridgehead atoms. The molecule has 134 valence electrons. The van der Waals surface area contributed by atoms with Crippen molar-refractivity contribution in [1.82, 2.24) is 10.2 Å². The summed E-state index contributed by atoms with van der Waals surface area (Å²) in [4.78, 5) is 27.9. The van der Waals surface area contributed by atoms with E-state index in [9.17, 15) is 9.59 Å². The molecule has 1 saturated heterocycles. The topological polar surface area (TPSA) is 61.9 Å². The van der Waals surface area contributed by atoms with Gasteiger partial charge in [0.25, 0.3) is 0 Å². The Labute approximate surface area is 149 Å². The lowest BCUT2D eigenvalue weighted by Gasteiger charge is -2.35. The van der Waals surface area contributed by atoms with Crippen LogP contribution in [-0.2, 0) is 14.3 Å². The first-order valence-corrected chi connectivity index (χ1v) is 8.41. The molecule has 1 aromatic carbocycles. The number of benzene rings is 1. The molecule has 0 saturated carbocycles. The van der Waals surface area contributed by atoms with Crippen LogP contribution in [0, 0.1) is 12.3 Å². The van der Waals surface area contributed by atoms with Gasteiger partial charge in [0.1, 0.15) is 0 Å². The fraction of sp³-hybridized carbons (Fsp3) is 0.474. The van der Waals surface area contributed by atoms with E-state index in [1.807, 2.05) is 13.8 Å². The van der Waals surface area contributed by atoms with E-state index in [2.05, 4.69) is 16.1 Å². The third-order valence-electron chi connectivity index (χ3n) is 4.11. The van der Waals surface area contributed by atoms with Crippen LogP contribution in [0.5, 0.6) is 0 Å². The van der Waals surface area contributed by atoms with E-state index in [4.69, 9.17) is 11.2 Å². The molecular weight excluding hydrogens is 318 g/mol. The summed E-state index contributed by atoms with van der Waals surface area (Å²) < 4.78 is 5.68. The molecule has 2 atom stereocenters. The summed E-state index contributed by atoms with van der Waals surface area (Å²) in [7, 11) is 1.56. The molecule has 1 aliphatic heterocycles. The number of carbonyl (C=O) groups is 2. The summed E-state index contributed by atoms with van der Waals surface area (Å²) in [5.41, 5.74) is 1.25. The molecule has 0 aliphatic carbocycles. The molecule has 1 heterocycles. The molecule has 0 unspecified atom stereocenters. The molecule has 0 radical (unpaired) electrons. The van der Waals surface area contributed by atoms with E-state index in [0.717, 1.165) is 13.1 Å². The van der Waals surface area contributed by atoms with Gasteiger partial charge in [-0.25, -0.2) is 0 Å². The number of carbonyl (C=O) groups excluding carboxylic acids is 2. The monoisotopic (exact) mass is 343 g/mol. The predicted octanol–water partition coefficient (Wildman–Crippen LogP) is 0.856. The van der Waals surface area contributed by atoms with Gasteiger partial charge in [0.15, 0.2) is 0 Å². The minimum atomic E-state index is -0.622. The van der Waals surface area contributed by atoms with Crippen molar-refractivity contribution in [3.8, 4) is 12.3 Å². The molecule has 2 amide bonds. The van der Waals surface area contributed by atoms with Gasteiger partial charge >= 0.3 is 11.8 Å². The van der Waals surface area contributed by atoms with Gasteiger partial charge in [-0.1, -0.05) is 12.0 Å². The van der Waals surface area contributed by atoms with E-state index < -0.39 is 11.8 Å². The highest BCUT2D eigenvalue weighted by Crippen LogP contribution is 2.14. The van der Waals surface area contributed by atoms with Gasteiger partial charge in [0.05, 0.1) is 12.2 Å². The molecule has 6 nitrogen and oxygen atoms in total. The molecular formula is C19H25N3O3. The zero-order valence-corrected chi connectivity index (χ0v) is 15.0. The number of terminal acetylenes is 1. The normalized spacial score (nSPS) is 20.6. The molecule has 2 rings (SSSR count). The van der Waals surface area contributed by atoms with Crippen LogP contribution in [0.4, 0.5) is 5.69 Å². The molecule has 1 aliphatic rings. The largest absolute Gasteiger partial charge is 0.373 e. The second kappa shape index (κ2) is 8.65. The van der Waals surface area contributed by atoms with Crippen LogP contribution in [0.25, 0.3) is 0 Å². The van der Waals surface area contributed by atoms with Gasteiger partial charge in [-0.3, -0.25) is 14.5 Å². The Morgan fingerprint density at radius 1 is 1.36 bits per heavy atom. The van der Waals surface area contributed by atoms with Crippen LogP contribution < -0.4 is 10.2 Å².